The lowest BCUT2D eigenvalue weighted by Gasteiger charge is -2.32. The molecular formula is C20H24N6O2. The van der Waals surface area contributed by atoms with E-state index in [1.54, 1.807) is 44.4 Å². The molecule has 0 radical (unpaired) electrons. The van der Waals surface area contributed by atoms with Gasteiger partial charge in [-0.2, -0.15) is 5.10 Å². The van der Waals surface area contributed by atoms with Crippen molar-refractivity contribution in [3.8, 4) is 5.82 Å². The molecule has 0 unspecified atom stereocenters. The molecule has 0 amide bonds. The summed E-state index contributed by atoms with van der Waals surface area (Å²) in [7, 11) is 0. The van der Waals surface area contributed by atoms with E-state index in [1.165, 1.54) is 0 Å². The zero-order chi connectivity index (χ0) is 19.3. The van der Waals surface area contributed by atoms with Gasteiger partial charge in [0.25, 0.3) is 11.1 Å². The number of aromatic nitrogens is 5. The molecule has 0 saturated carbocycles. The number of rotatable bonds is 6. The van der Waals surface area contributed by atoms with Crippen molar-refractivity contribution in [2.75, 3.05) is 19.6 Å². The standard InChI is InChI=1S/C20H24N6O2/c27-19-4-1-2-10-24(19)15-14-23-12-7-17(8-13-23)16-26-20(28)6-5-18(22-26)25-11-3-9-21-25/h1-6,9-11,17H,7-8,12-16H2. The topological polar surface area (TPSA) is 78.0 Å². The third-order valence-electron chi connectivity index (χ3n) is 5.29. The number of pyridine rings is 1. The molecule has 0 spiro atoms. The van der Waals surface area contributed by atoms with Crippen molar-refractivity contribution < 1.29 is 0 Å². The zero-order valence-electron chi connectivity index (χ0n) is 15.7. The van der Waals surface area contributed by atoms with Gasteiger partial charge >= 0.3 is 0 Å². The quantitative estimate of drug-likeness (QED) is 0.638. The second-order valence-electron chi connectivity index (χ2n) is 7.18. The van der Waals surface area contributed by atoms with E-state index < -0.39 is 0 Å². The van der Waals surface area contributed by atoms with E-state index in [1.807, 2.05) is 24.5 Å². The van der Waals surface area contributed by atoms with Gasteiger partial charge < -0.3 is 9.47 Å². The molecule has 0 aromatic carbocycles. The maximum absolute atomic E-state index is 12.2. The van der Waals surface area contributed by atoms with Crippen molar-refractivity contribution in [1.29, 1.82) is 0 Å². The van der Waals surface area contributed by atoms with Gasteiger partial charge in [0.2, 0.25) is 0 Å². The van der Waals surface area contributed by atoms with Crippen LogP contribution in [0.4, 0.5) is 0 Å². The van der Waals surface area contributed by atoms with Crippen LogP contribution in [0.2, 0.25) is 0 Å². The molecule has 1 aliphatic rings. The highest BCUT2D eigenvalue weighted by Gasteiger charge is 2.20. The van der Waals surface area contributed by atoms with Gasteiger partial charge in [-0.3, -0.25) is 9.59 Å². The van der Waals surface area contributed by atoms with E-state index in [4.69, 9.17) is 0 Å². The summed E-state index contributed by atoms with van der Waals surface area (Å²) < 4.78 is 4.96. The minimum atomic E-state index is -0.0817. The lowest BCUT2D eigenvalue weighted by Crippen LogP contribution is -2.39. The Kier molecular flexibility index (Phi) is 5.48. The molecule has 8 nitrogen and oxygen atoms in total. The molecule has 1 fully saturated rings. The Hall–Kier alpha value is -3.00. The molecule has 0 N–H and O–H groups in total. The fraction of sp³-hybridized carbons (Fsp3) is 0.400. The molecule has 1 saturated heterocycles. The van der Waals surface area contributed by atoms with Crippen molar-refractivity contribution in [1.82, 2.24) is 29.0 Å². The average Bonchev–Trinajstić information content (AvgIpc) is 3.25. The van der Waals surface area contributed by atoms with Crippen molar-refractivity contribution in [2.24, 2.45) is 5.92 Å². The van der Waals surface area contributed by atoms with Gasteiger partial charge in [0.15, 0.2) is 5.82 Å². The van der Waals surface area contributed by atoms with Gasteiger partial charge in [0, 0.05) is 50.4 Å². The summed E-state index contributed by atoms with van der Waals surface area (Å²) in [6.07, 6.45) is 7.37. The predicted octanol–water partition coefficient (Wildman–Crippen LogP) is 1.00. The molecule has 3 aromatic heterocycles. The molecule has 4 rings (SSSR count). The number of hydrogen-bond acceptors (Lipinski definition) is 5. The Morgan fingerprint density at radius 1 is 0.929 bits per heavy atom. The summed E-state index contributed by atoms with van der Waals surface area (Å²) in [5.74, 6) is 1.07. The van der Waals surface area contributed by atoms with Crippen LogP contribution in [0.15, 0.2) is 64.6 Å². The Morgan fingerprint density at radius 3 is 2.54 bits per heavy atom. The highest BCUT2D eigenvalue weighted by Crippen LogP contribution is 2.18. The molecule has 0 bridgehead atoms. The molecule has 1 aliphatic heterocycles. The van der Waals surface area contributed by atoms with E-state index in [9.17, 15) is 9.59 Å². The molecule has 0 aliphatic carbocycles. The van der Waals surface area contributed by atoms with Gasteiger partial charge in [-0.05, 0) is 50.0 Å². The first-order chi connectivity index (χ1) is 13.7. The van der Waals surface area contributed by atoms with Gasteiger partial charge in [-0.25, -0.2) is 9.36 Å². The SMILES string of the molecule is O=c1ccccn1CCN1CCC(Cn2nc(-n3cccn3)ccc2=O)CC1. The van der Waals surface area contributed by atoms with Crippen molar-refractivity contribution >= 4 is 0 Å². The molecule has 28 heavy (non-hydrogen) atoms. The first-order valence-corrected chi connectivity index (χ1v) is 9.65. The lowest BCUT2D eigenvalue weighted by atomic mass is 9.97. The van der Waals surface area contributed by atoms with E-state index >= 15 is 0 Å². The van der Waals surface area contributed by atoms with Gasteiger partial charge in [0.05, 0.1) is 0 Å². The van der Waals surface area contributed by atoms with Crippen molar-refractivity contribution in [3.05, 3.63) is 75.7 Å². The minimum absolute atomic E-state index is 0.0416. The normalized spacial score (nSPS) is 15.7. The maximum atomic E-state index is 12.2. The molecule has 4 heterocycles. The number of hydrogen-bond donors (Lipinski definition) is 0. The average molecular weight is 380 g/mol. The Bertz CT molecular complexity index is 1020. The number of piperidine rings is 1. The summed E-state index contributed by atoms with van der Waals surface area (Å²) in [6.45, 7) is 4.14. The largest absolute Gasteiger partial charge is 0.314 e. The van der Waals surface area contributed by atoms with E-state index in [2.05, 4.69) is 15.1 Å². The van der Waals surface area contributed by atoms with E-state index in [-0.39, 0.29) is 11.1 Å². The summed E-state index contributed by atoms with van der Waals surface area (Å²) in [5, 5.41) is 8.64. The predicted molar refractivity (Wildman–Crippen MR) is 105 cm³/mol. The van der Waals surface area contributed by atoms with Crippen LogP contribution in [0.3, 0.4) is 0 Å². The van der Waals surface area contributed by atoms with Crippen LogP contribution in [0, 0.1) is 5.92 Å². The minimum Gasteiger partial charge on any atom is -0.314 e. The zero-order valence-corrected chi connectivity index (χ0v) is 15.7. The Labute approximate surface area is 162 Å². The van der Waals surface area contributed by atoms with Crippen LogP contribution in [0.25, 0.3) is 5.82 Å². The number of likely N-dealkylation sites (tertiary alicyclic amines) is 1. The van der Waals surface area contributed by atoms with Crippen LogP contribution in [-0.4, -0.2) is 48.7 Å². The van der Waals surface area contributed by atoms with Crippen LogP contribution >= 0.6 is 0 Å². The Morgan fingerprint density at radius 2 is 1.79 bits per heavy atom. The third kappa shape index (κ3) is 4.28. The highest BCUT2D eigenvalue weighted by atomic mass is 16.1. The van der Waals surface area contributed by atoms with Crippen LogP contribution < -0.4 is 11.1 Å². The van der Waals surface area contributed by atoms with Crippen LogP contribution in [-0.2, 0) is 13.1 Å². The fourth-order valence-corrected chi connectivity index (χ4v) is 3.63. The van der Waals surface area contributed by atoms with Crippen LogP contribution in [0.5, 0.6) is 0 Å². The summed E-state index contributed by atoms with van der Waals surface area (Å²) in [6, 6.07) is 10.3. The van der Waals surface area contributed by atoms with Gasteiger partial charge in [-0.15, -0.1) is 5.10 Å². The monoisotopic (exact) mass is 380 g/mol. The summed E-state index contributed by atoms with van der Waals surface area (Å²) in [5.41, 5.74) is -0.0401. The second kappa shape index (κ2) is 8.35. The van der Waals surface area contributed by atoms with Crippen molar-refractivity contribution in [2.45, 2.75) is 25.9 Å². The molecule has 0 atom stereocenters. The molecule has 3 aromatic rings. The Balaban J connectivity index is 1.32. The molecule has 146 valence electrons. The second-order valence-corrected chi connectivity index (χ2v) is 7.18. The number of nitrogens with zero attached hydrogens (tertiary/aromatic N) is 6. The first kappa shape index (κ1) is 18.4. The van der Waals surface area contributed by atoms with E-state index in [0.717, 1.165) is 32.5 Å². The van der Waals surface area contributed by atoms with Gasteiger partial charge in [0.1, 0.15) is 0 Å². The fourth-order valence-electron chi connectivity index (χ4n) is 3.63. The third-order valence-corrected chi connectivity index (χ3v) is 5.29. The van der Waals surface area contributed by atoms with Gasteiger partial charge in [-0.1, -0.05) is 6.07 Å². The lowest BCUT2D eigenvalue weighted by molar-refractivity contribution is 0.164. The smallest absolute Gasteiger partial charge is 0.266 e. The first-order valence-electron chi connectivity index (χ1n) is 9.65. The van der Waals surface area contributed by atoms with Crippen molar-refractivity contribution in [3.63, 3.8) is 0 Å². The molecule has 8 heteroatoms. The highest BCUT2D eigenvalue weighted by molar-refractivity contribution is 5.17. The van der Waals surface area contributed by atoms with E-state index in [0.29, 0.717) is 24.8 Å². The maximum Gasteiger partial charge on any atom is 0.266 e. The summed E-state index contributed by atoms with van der Waals surface area (Å²) >= 11 is 0. The molecular weight excluding hydrogens is 356 g/mol. The summed E-state index contributed by atoms with van der Waals surface area (Å²) in [4.78, 5) is 26.4. The van der Waals surface area contributed by atoms with Crippen LogP contribution in [0.1, 0.15) is 12.8 Å².